The standard InChI is InChI=1S/C9H15N3/c1-7(2)6-12-8-4-3-5-11-9(8)10/h3-5,7,12H,6H2,1-2H3,(H2,10,11). The second-order valence-corrected chi connectivity index (χ2v) is 3.21. The molecule has 0 bridgehead atoms. The van der Waals surface area contributed by atoms with E-state index in [2.05, 4.69) is 24.1 Å². The maximum absolute atomic E-state index is 5.63. The molecular weight excluding hydrogens is 150 g/mol. The number of nitrogens with zero attached hydrogens (tertiary/aromatic N) is 1. The molecule has 0 aliphatic carbocycles. The Hall–Kier alpha value is -1.25. The highest BCUT2D eigenvalue weighted by atomic mass is 14.9. The molecule has 0 fully saturated rings. The fourth-order valence-corrected chi connectivity index (χ4v) is 0.881. The minimum Gasteiger partial charge on any atom is -0.382 e. The van der Waals surface area contributed by atoms with Gasteiger partial charge < -0.3 is 11.1 Å². The van der Waals surface area contributed by atoms with E-state index >= 15 is 0 Å². The van der Waals surface area contributed by atoms with Gasteiger partial charge >= 0.3 is 0 Å². The maximum atomic E-state index is 5.63. The molecule has 0 aliphatic heterocycles. The molecule has 0 atom stereocenters. The van der Waals surface area contributed by atoms with Crippen molar-refractivity contribution < 1.29 is 0 Å². The molecule has 0 radical (unpaired) electrons. The quantitative estimate of drug-likeness (QED) is 0.717. The van der Waals surface area contributed by atoms with Crippen LogP contribution in [0.2, 0.25) is 0 Å². The number of nitrogen functional groups attached to an aromatic ring is 1. The predicted molar refractivity (Wildman–Crippen MR) is 52.0 cm³/mol. The average Bonchev–Trinajstić information content (AvgIpc) is 2.03. The third-order valence-corrected chi connectivity index (χ3v) is 1.54. The lowest BCUT2D eigenvalue weighted by molar-refractivity contribution is 0.689. The lowest BCUT2D eigenvalue weighted by Crippen LogP contribution is -2.09. The summed E-state index contributed by atoms with van der Waals surface area (Å²) < 4.78 is 0. The highest BCUT2D eigenvalue weighted by Crippen LogP contribution is 2.13. The van der Waals surface area contributed by atoms with Crippen molar-refractivity contribution in [3.8, 4) is 0 Å². The van der Waals surface area contributed by atoms with Gasteiger partial charge in [-0.3, -0.25) is 0 Å². The zero-order valence-corrected chi connectivity index (χ0v) is 7.54. The van der Waals surface area contributed by atoms with Crippen LogP contribution in [0.15, 0.2) is 18.3 Å². The van der Waals surface area contributed by atoms with Gasteiger partial charge in [-0.2, -0.15) is 0 Å². The van der Waals surface area contributed by atoms with E-state index in [1.165, 1.54) is 0 Å². The molecule has 3 nitrogen and oxygen atoms in total. The van der Waals surface area contributed by atoms with Crippen LogP contribution >= 0.6 is 0 Å². The zero-order chi connectivity index (χ0) is 8.97. The first-order valence-electron chi connectivity index (χ1n) is 4.14. The smallest absolute Gasteiger partial charge is 0.146 e. The molecule has 1 rings (SSSR count). The number of nitrogens with one attached hydrogen (secondary N) is 1. The zero-order valence-electron chi connectivity index (χ0n) is 7.54. The van der Waals surface area contributed by atoms with E-state index in [9.17, 15) is 0 Å². The van der Waals surface area contributed by atoms with Crippen molar-refractivity contribution >= 4 is 11.5 Å². The Morgan fingerprint density at radius 2 is 2.33 bits per heavy atom. The molecule has 3 heteroatoms. The van der Waals surface area contributed by atoms with Crippen molar-refractivity contribution in [1.82, 2.24) is 4.98 Å². The van der Waals surface area contributed by atoms with E-state index in [0.717, 1.165) is 12.2 Å². The molecule has 1 aromatic rings. The number of hydrogen-bond donors (Lipinski definition) is 2. The number of anilines is 2. The van der Waals surface area contributed by atoms with Gasteiger partial charge in [-0.05, 0) is 18.1 Å². The Morgan fingerprint density at radius 3 is 2.92 bits per heavy atom. The van der Waals surface area contributed by atoms with Crippen LogP contribution in [0.3, 0.4) is 0 Å². The second-order valence-electron chi connectivity index (χ2n) is 3.21. The van der Waals surface area contributed by atoms with Crippen LogP contribution < -0.4 is 11.1 Å². The van der Waals surface area contributed by atoms with Crippen molar-refractivity contribution in [2.45, 2.75) is 13.8 Å². The Morgan fingerprint density at radius 1 is 1.58 bits per heavy atom. The van der Waals surface area contributed by atoms with Crippen molar-refractivity contribution in [1.29, 1.82) is 0 Å². The molecule has 3 N–H and O–H groups in total. The van der Waals surface area contributed by atoms with Crippen molar-refractivity contribution in [3.63, 3.8) is 0 Å². The summed E-state index contributed by atoms with van der Waals surface area (Å²) in [6.07, 6.45) is 1.69. The number of nitrogens with two attached hydrogens (primary N) is 1. The van der Waals surface area contributed by atoms with Gasteiger partial charge in [0.25, 0.3) is 0 Å². The first-order valence-corrected chi connectivity index (χ1v) is 4.14. The Bertz CT molecular complexity index is 245. The molecule has 0 saturated heterocycles. The molecule has 1 aromatic heterocycles. The highest BCUT2D eigenvalue weighted by molar-refractivity contribution is 5.60. The summed E-state index contributed by atoms with van der Waals surface area (Å²) in [5.74, 6) is 1.18. The number of pyridine rings is 1. The van der Waals surface area contributed by atoms with Gasteiger partial charge in [0.1, 0.15) is 5.82 Å². The van der Waals surface area contributed by atoms with E-state index < -0.39 is 0 Å². The number of rotatable bonds is 3. The molecule has 0 aliphatic rings. The van der Waals surface area contributed by atoms with Crippen molar-refractivity contribution in [2.75, 3.05) is 17.6 Å². The molecule has 0 saturated carbocycles. The lowest BCUT2D eigenvalue weighted by atomic mass is 10.2. The van der Waals surface area contributed by atoms with E-state index in [1.807, 2.05) is 12.1 Å². The molecule has 0 unspecified atom stereocenters. The maximum Gasteiger partial charge on any atom is 0.146 e. The van der Waals surface area contributed by atoms with Gasteiger partial charge in [0.05, 0.1) is 5.69 Å². The normalized spacial score (nSPS) is 10.2. The fourth-order valence-electron chi connectivity index (χ4n) is 0.881. The summed E-state index contributed by atoms with van der Waals surface area (Å²) in [4.78, 5) is 3.97. The first kappa shape index (κ1) is 8.84. The third kappa shape index (κ3) is 2.42. The molecular formula is C9H15N3. The van der Waals surface area contributed by atoms with Crippen LogP contribution in [0.4, 0.5) is 11.5 Å². The van der Waals surface area contributed by atoms with E-state index in [1.54, 1.807) is 6.20 Å². The minimum absolute atomic E-state index is 0.568. The molecule has 0 spiro atoms. The van der Waals surface area contributed by atoms with Gasteiger partial charge in [0.2, 0.25) is 0 Å². The van der Waals surface area contributed by atoms with E-state index in [-0.39, 0.29) is 0 Å². The van der Waals surface area contributed by atoms with Gasteiger partial charge in [-0.15, -0.1) is 0 Å². The van der Waals surface area contributed by atoms with Crippen LogP contribution in [0.25, 0.3) is 0 Å². The predicted octanol–water partition coefficient (Wildman–Crippen LogP) is 1.73. The first-order chi connectivity index (χ1) is 5.70. The largest absolute Gasteiger partial charge is 0.382 e. The average molecular weight is 165 g/mol. The van der Waals surface area contributed by atoms with Gasteiger partial charge in [-0.1, -0.05) is 13.8 Å². The van der Waals surface area contributed by atoms with E-state index in [4.69, 9.17) is 5.73 Å². The van der Waals surface area contributed by atoms with Crippen LogP contribution in [0.5, 0.6) is 0 Å². The Labute approximate surface area is 73.0 Å². The molecule has 66 valence electrons. The topological polar surface area (TPSA) is 50.9 Å². The summed E-state index contributed by atoms with van der Waals surface area (Å²) in [6, 6.07) is 3.81. The monoisotopic (exact) mass is 165 g/mol. The highest BCUT2D eigenvalue weighted by Gasteiger charge is 1.98. The molecule has 12 heavy (non-hydrogen) atoms. The molecule has 0 amide bonds. The van der Waals surface area contributed by atoms with Crippen LogP contribution in [-0.4, -0.2) is 11.5 Å². The third-order valence-electron chi connectivity index (χ3n) is 1.54. The fraction of sp³-hybridized carbons (Fsp3) is 0.444. The van der Waals surface area contributed by atoms with Crippen LogP contribution in [0, 0.1) is 5.92 Å². The molecule has 0 aromatic carbocycles. The summed E-state index contributed by atoms with van der Waals surface area (Å²) >= 11 is 0. The Balaban J connectivity index is 2.57. The van der Waals surface area contributed by atoms with E-state index in [0.29, 0.717) is 11.7 Å². The van der Waals surface area contributed by atoms with Crippen molar-refractivity contribution in [2.24, 2.45) is 5.92 Å². The van der Waals surface area contributed by atoms with Gasteiger partial charge in [0, 0.05) is 12.7 Å². The van der Waals surface area contributed by atoms with Crippen LogP contribution in [-0.2, 0) is 0 Å². The Kier molecular flexibility index (Phi) is 2.91. The number of aromatic nitrogens is 1. The van der Waals surface area contributed by atoms with Crippen LogP contribution in [0.1, 0.15) is 13.8 Å². The molecule has 1 heterocycles. The van der Waals surface area contributed by atoms with Gasteiger partial charge in [-0.25, -0.2) is 4.98 Å². The van der Waals surface area contributed by atoms with Crippen molar-refractivity contribution in [3.05, 3.63) is 18.3 Å². The minimum atomic E-state index is 0.568. The number of hydrogen-bond acceptors (Lipinski definition) is 3. The summed E-state index contributed by atoms with van der Waals surface area (Å²) in [7, 11) is 0. The summed E-state index contributed by atoms with van der Waals surface area (Å²) in [5, 5.41) is 3.22. The van der Waals surface area contributed by atoms with Gasteiger partial charge in [0.15, 0.2) is 0 Å². The second kappa shape index (κ2) is 3.95. The summed E-state index contributed by atoms with van der Waals surface area (Å²) in [6.45, 7) is 5.23. The summed E-state index contributed by atoms with van der Waals surface area (Å²) in [5.41, 5.74) is 6.56. The lowest BCUT2D eigenvalue weighted by Gasteiger charge is -2.09. The SMILES string of the molecule is CC(C)CNc1cccnc1N.